The fraction of sp³-hybridized carbons (Fsp3) is 1.00. The third-order valence-corrected chi connectivity index (χ3v) is 5.75. The van der Waals surface area contributed by atoms with Gasteiger partial charge in [0.15, 0.2) is 0 Å². The van der Waals surface area contributed by atoms with Gasteiger partial charge >= 0.3 is 0 Å². The standard InChI is InChI=1S/C18H35N/c1-4-7-14-8-9-16(13-19-17-10-11-17)18(12-14)15(5-2)6-3/h14-19H,4-13H2,1-3H3. The van der Waals surface area contributed by atoms with Crippen molar-refractivity contribution >= 4 is 0 Å². The molecule has 0 bridgehead atoms. The van der Waals surface area contributed by atoms with E-state index in [1.54, 1.807) is 0 Å². The van der Waals surface area contributed by atoms with E-state index in [1.165, 1.54) is 64.3 Å². The highest BCUT2D eigenvalue weighted by molar-refractivity contribution is 4.88. The van der Waals surface area contributed by atoms with Crippen LogP contribution in [0.1, 0.15) is 78.6 Å². The summed E-state index contributed by atoms with van der Waals surface area (Å²) in [5.74, 6) is 3.99. The monoisotopic (exact) mass is 265 g/mol. The number of nitrogens with one attached hydrogen (secondary N) is 1. The van der Waals surface area contributed by atoms with Crippen molar-refractivity contribution in [1.82, 2.24) is 5.32 Å². The molecule has 19 heavy (non-hydrogen) atoms. The molecule has 2 aliphatic rings. The van der Waals surface area contributed by atoms with Crippen LogP contribution in [-0.2, 0) is 0 Å². The van der Waals surface area contributed by atoms with Gasteiger partial charge in [-0.25, -0.2) is 0 Å². The summed E-state index contributed by atoms with van der Waals surface area (Å²) in [5, 5.41) is 3.81. The van der Waals surface area contributed by atoms with Crippen LogP contribution in [0.5, 0.6) is 0 Å². The van der Waals surface area contributed by atoms with Gasteiger partial charge in [-0.05, 0) is 55.9 Å². The molecule has 112 valence electrons. The zero-order chi connectivity index (χ0) is 13.7. The van der Waals surface area contributed by atoms with Crippen LogP contribution in [-0.4, -0.2) is 12.6 Å². The van der Waals surface area contributed by atoms with Gasteiger partial charge in [-0.15, -0.1) is 0 Å². The van der Waals surface area contributed by atoms with Crippen LogP contribution >= 0.6 is 0 Å². The zero-order valence-corrected chi connectivity index (χ0v) is 13.5. The highest BCUT2D eigenvalue weighted by Gasteiger charge is 2.34. The van der Waals surface area contributed by atoms with Gasteiger partial charge in [-0.2, -0.15) is 0 Å². The SMILES string of the molecule is CCCC1CCC(CNC2CC2)C(C(CC)CC)C1. The zero-order valence-electron chi connectivity index (χ0n) is 13.5. The summed E-state index contributed by atoms with van der Waals surface area (Å²) in [7, 11) is 0. The number of hydrogen-bond donors (Lipinski definition) is 1. The summed E-state index contributed by atoms with van der Waals surface area (Å²) in [4.78, 5) is 0. The summed E-state index contributed by atoms with van der Waals surface area (Å²) in [6.07, 6.45) is 13.0. The third-order valence-electron chi connectivity index (χ3n) is 5.75. The van der Waals surface area contributed by atoms with Crippen LogP contribution in [0, 0.1) is 23.7 Å². The minimum atomic E-state index is 0.885. The number of rotatable bonds is 8. The van der Waals surface area contributed by atoms with Gasteiger partial charge in [0.05, 0.1) is 0 Å². The molecule has 0 amide bonds. The fourth-order valence-electron chi connectivity index (χ4n) is 4.36. The van der Waals surface area contributed by atoms with Gasteiger partial charge < -0.3 is 5.32 Å². The Balaban J connectivity index is 1.90. The lowest BCUT2D eigenvalue weighted by Crippen LogP contribution is -2.37. The molecule has 0 aromatic heterocycles. The van der Waals surface area contributed by atoms with E-state index < -0.39 is 0 Å². The van der Waals surface area contributed by atoms with Crippen molar-refractivity contribution < 1.29 is 0 Å². The summed E-state index contributed by atoms with van der Waals surface area (Å²) < 4.78 is 0. The Morgan fingerprint density at radius 2 is 1.74 bits per heavy atom. The van der Waals surface area contributed by atoms with Gasteiger partial charge in [-0.1, -0.05) is 52.9 Å². The number of hydrogen-bond acceptors (Lipinski definition) is 1. The molecule has 1 N–H and O–H groups in total. The minimum absolute atomic E-state index is 0.885. The Morgan fingerprint density at radius 1 is 1.00 bits per heavy atom. The van der Waals surface area contributed by atoms with Gasteiger partial charge in [-0.3, -0.25) is 0 Å². The van der Waals surface area contributed by atoms with Crippen LogP contribution in [0.3, 0.4) is 0 Å². The summed E-state index contributed by atoms with van der Waals surface area (Å²) in [6, 6.07) is 0.885. The first-order chi connectivity index (χ1) is 9.28. The lowest BCUT2D eigenvalue weighted by Gasteiger charge is -2.40. The van der Waals surface area contributed by atoms with Crippen molar-refractivity contribution in [3.63, 3.8) is 0 Å². The van der Waals surface area contributed by atoms with E-state index in [0.29, 0.717) is 0 Å². The first kappa shape index (κ1) is 15.4. The molecular formula is C18H35N. The lowest BCUT2D eigenvalue weighted by molar-refractivity contribution is 0.108. The van der Waals surface area contributed by atoms with E-state index >= 15 is 0 Å². The topological polar surface area (TPSA) is 12.0 Å². The second-order valence-electron chi connectivity index (χ2n) is 7.15. The maximum absolute atomic E-state index is 3.81. The van der Waals surface area contributed by atoms with Crippen molar-refractivity contribution in [2.75, 3.05) is 6.54 Å². The van der Waals surface area contributed by atoms with Crippen LogP contribution in [0.2, 0.25) is 0 Å². The molecule has 0 radical (unpaired) electrons. The van der Waals surface area contributed by atoms with Gasteiger partial charge in [0.25, 0.3) is 0 Å². The Morgan fingerprint density at radius 3 is 2.32 bits per heavy atom. The molecule has 0 heterocycles. The molecule has 2 fully saturated rings. The van der Waals surface area contributed by atoms with Crippen LogP contribution in [0.15, 0.2) is 0 Å². The highest BCUT2D eigenvalue weighted by atomic mass is 14.9. The lowest BCUT2D eigenvalue weighted by atomic mass is 9.66. The summed E-state index contributed by atoms with van der Waals surface area (Å²) in [6.45, 7) is 8.48. The molecule has 1 nitrogen and oxygen atoms in total. The fourth-order valence-corrected chi connectivity index (χ4v) is 4.36. The largest absolute Gasteiger partial charge is 0.314 e. The van der Waals surface area contributed by atoms with Gasteiger partial charge in [0.1, 0.15) is 0 Å². The average Bonchev–Trinajstić information content (AvgIpc) is 3.24. The van der Waals surface area contributed by atoms with Crippen molar-refractivity contribution in [2.45, 2.75) is 84.6 Å². The molecule has 0 aromatic rings. The highest BCUT2D eigenvalue weighted by Crippen LogP contribution is 2.42. The van der Waals surface area contributed by atoms with Gasteiger partial charge in [0.2, 0.25) is 0 Å². The Hall–Kier alpha value is -0.0400. The van der Waals surface area contributed by atoms with Crippen molar-refractivity contribution in [2.24, 2.45) is 23.7 Å². The molecule has 3 unspecified atom stereocenters. The van der Waals surface area contributed by atoms with Crippen molar-refractivity contribution in [3.8, 4) is 0 Å². The maximum Gasteiger partial charge on any atom is 0.00683 e. The van der Waals surface area contributed by atoms with E-state index in [9.17, 15) is 0 Å². The Bertz CT molecular complexity index is 242. The van der Waals surface area contributed by atoms with Crippen LogP contribution in [0.4, 0.5) is 0 Å². The molecular weight excluding hydrogens is 230 g/mol. The summed E-state index contributed by atoms with van der Waals surface area (Å²) in [5.41, 5.74) is 0. The maximum atomic E-state index is 3.81. The Labute approximate surface area is 120 Å². The first-order valence-electron chi connectivity index (χ1n) is 9.01. The molecule has 2 aliphatic carbocycles. The molecule has 0 spiro atoms. The normalized spacial score (nSPS) is 31.9. The van der Waals surface area contributed by atoms with E-state index in [2.05, 4.69) is 26.1 Å². The molecule has 2 rings (SSSR count). The molecule has 0 aromatic carbocycles. The molecule has 0 saturated heterocycles. The predicted molar refractivity (Wildman–Crippen MR) is 84.3 cm³/mol. The molecule has 3 atom stereocenters. The predicted octanol–water partition coefficient (Wildman–Crippen LogP) is 5.01. The second kappa shape index (κ2) is 7.67. The van der Waals surface area contributed by atoms with E-state index in [1.807, 2.05) is 0 Å². The third kappa shape index (κ3) is 4.48. The second-order valence-corrected chi connectivity index (χ2v) is 7.15. The smallest absolute Gasteiger partial charge is 0.00683 e. The quantitative estimate of drug-likeness (QED) is 0.650. The average molecular weight is 265 g/mol. The molecule has 0 aliphatic heterocycles. The van der Waals surface area contributed by atoms with Crippen molar-refractivity contribution in [3.05, 3.63) is 0 Å². The first-order valence-corrected chi connectivity index (χ1v) is 9.01. The van der Waals surface area contributed by atoms with E-state index in [-0.39, 0.29) is 0 Å². The molecule has 1 heteroatoms. The minimum Gasteiger partial charge on any atom is -0.314 e. The van der Waals surface area contributed by atoms with Crippen LogP contribution in [0.25, 0.3) is 0 Å². The van der Waals surface area contributed by atoms with Gasteiger partial charge in [0, 0.05) is 6.04 Å². The van der Waals surface area contributed by atoms with Crippen LogP contribution < -0.4 is 5.32 Å². The van der Waals surface area contributed by atoms with E-state index in [0.717, 1.165) is 29.7 Å². The molecule has 2 saturated carbocycles. The summed E-state index contributed by atoms with van der Waals surface area (Å²) >= 11 is 0. The van der Waals surface area contributed by atoms with Crippen molar-refractivity contribution in [1.29, 1.82) is 0 Å². The Kier molecular flexibility index (Phi) is 6.19. The van der Waals surface area contributed by atoms with E-state index in [4.69, 9.17) is 0 Å².